The smallest absolute Gasteiger partial charge is 0.261 e. The lowest BCUT2D eigenvalue weighted by Crippen LogP contribution is -2.31. The molecule has 0 aliphatic carbocycles. The van der Waals surface area contributed by atoms with E-state index < -0.39 is 0 Å². The number of benzene rings is 2. The van der Waals surface area contributed by atoms with Crippen molar-refractivity contribution in [3.63, 3.8) is 0 Å². The minimum absolute atomic E-state index is 0.0539. The van der Waals surface area contributed by atoms with Crippen LogP contribution in [0.4, 0.5) is 0 Å². The highest BCUT2D eigenvalue weighted by molar-refractivity contribution is 7.23. The molecule has 0 spiro atoms. The van der Waals surface area contributed by atoms with E-state index in [1.807, 2.05) is 9.80 Å². The topological polar surface area (TPSA) is 40.6 Å². The number of carbonyl (C=O) groups excluding carboxylic acids is 2. The van der Waals surface area contributed by atoms with Crippen LogP contribution in [-0.2, 0) is 9.59 Å². The average molecular weight is 785 g/mol. The third kappa shape index (κ3) is 7.25. The van der Waals surface area contributed by atoms with Gasteiger partial charge >= 0.3 is 0 Å². The van der Waals surface area contributed by atoms with Crippen molar-refractivity contribution in [1.82, 2.24) is 9.80 Å². The summed E-state index contributed by atoms with van der Waals surface area (Å²) in [6, 6.07) is 34.3. The van der Waals surface area contributed by atoms with Crippen molar-refractivity contribution in [3.8, 4) is 40.4 Å². The van der Waals surface area contributed by atoms with Crippen LogP contribution >= 0.6 is 45.3 Å². The maximum absolute atomic E-state index is 14.7. The van der Waals surface area contributed by atoms with Gasteiger partial charge in [-0.1, -0.05) is 113 Å². The second-order valence-electron chi connectivity index (χ2n) is 13.9. The SMILES string of the molecule is CCCCCCN1C(=O)C2=C(c3ccc(-c4ccc(-c5cccs5)s4)cc3)N(CCCCCC)C(=O)C2=C1c1ccc(-c2ccc(-c3cccs3)s2)cc1. The van der Waals surface area contributed by atoms with Gasteiger partial charge in [-0.15, -0.1) is 45.3 Å². The quantitative estimate of drug-likeness (QED) is 0.0917. The molecule has 2 aliphatic heterocycles. The van der Waals surface area contributed by atoms with Crippen LogP contribution < -0.4 is 0 Å². The van der Waals surface area contributed by atoms with Crippen LogP contribution in [0.1, 0.15) is 76.3 Å². The Labute approximate surface area is 334 Å². The molecule has 0 unspecified atom stereocenters. The predicted molar refractivity (Wildman–Crippen MR) is 232 cm³/mol. The Hall–Kier alpha value is -4.34. The van der Waals surface area contributed by atoms with Crippen LogP contribution in [0.2, 0.25) is 0 Å². The van der Waals surface area contributed by atoms with Crippen LogP contribution in [0, 0.1) is 0 Å². The summed E-state index contributed by atoms with van der Waals surface area (Å²) in [6.45, 7) is 5.60. The second kappa shape index (κ2) is 16.6. The first-order valence-corrected chi connectivity index (χ1v) is 22.6. The lowest BCUT2D eigenvalue weighted by atomic mass is 10.0. The summed E-state index contributed by atoms with van der Waals surface area (Å²) in [5.41, 5.74) is 6.75. The van der Waals surface area contributed by atoms with Crippen LogP contribution in [0.15, 0.2) is 119 Å². The first-order chi connectivity index (χ1) is 26.6. The molecule has 0 N–H and O–H groups in total. The molecule has 6 heterocycles. The number of carbonyl (C=O) groups is 2. The Bertz CT molecular complexity index is 2120. The summed E-state index contributed by atoms with van der Waals surface area (Å²) in [4.78, 5) is 40.8. The van der Waals surface area contributed by atoms with E-state index in [0.29, 0.717) is 24.2 Å². The first kappa shape index (κ1) is 36.6. The van der Waals surface area contributed by atoms with Gasteiger partial charge < -0.3 is 9.80 Å². The summed E-state index contributed by atoms with van der Waals surface area (Å²) in [5.74, 6) is -0.108. The van der Waals surface area contributed by atoms with E-state index in [1.165, 1.54) is 29.3 Å². The van der Waals surface area contributed by atoms with Gasteiger partial charge in [0.2, 0.25) is 0 Å². The molecule has 8 rings (SSSR count). The molecule has 0 saturated heterocycles. The number of fused-ring (bicyclic) bond motifs is 1. The minimum atomic E-state index is -0.0539. The summed E-state index contributed by atoms with van der Waals surface area (Å²) >= 11 is 7.09. The van der Waals surface area contributed by atoms with Crippen LogP contribution in [0.5, 0.6) is 0 Å². The van der Waals surface area contributed by atoms with Crippen LogP contribution in [0.3, 0.4) is 0 Å². The van der Waals surface area contributed by atoms with Gasteiger partial charge in [0, 0.05) is 42.4 Å². The minimum Gasteiger partial charge on any atom is -0.307 e. The molecule has 54 heavy (non-hydrogen) atoms. The molecule has 2 aliphatic rings. The Morgan fingerprint density at radius 1 is 0.426 bits per heavy atom. The van der Waals surface area contributed by atoms with Gasteiger partial charge in [-0.2, -0.15) is 0 Å². The molecule has 4 nitrogen and oxygen atoms in total. The normalized spacial score (nSPS) is 14.3. The molecule has 0 bridgehead atoms. The number of amides is 2. The summed E-state index contributed by atoms with van der Waals surface area (Å²) < 4.78 is 0. The fourth-order valence-electron chi connectivity index (χ4n) is 7.49. The van der Waals surface area contributed by atoms with Crippen molar-refractivity contribution in [1.29, 1.82) is 0 Å². The molecule has 0 fully saturated rings. The van der Waals surface area contributed by atoms with E-state index in [-0.39, 0.29) is 11.8 Å². The molecule has 2 aromatic carbocycles. The zero-order chi connectivity index (χ0) is 37.0. The Morgan fingerprint density at radius 3 is 1.19 bits per heavy atom. The Balaban J connectivity index is 1.18. The van der Waals surface area contributed by atoms with Gasteiger partial charge in [-0.25, -0.2) is 0 Å². The molecule has 6 aromatic rings. The monoisotopic (exact) mass is 784 g/mol. The van der Waals surface area contributed by atoms with E-state index in [1.54, 1.807) is 45.3 Å². The average Bonchev–Trinajstić information content (AvgIpc) is 4.05. The van der Waals surface area contributed by atoms with E-state index in [9.17, 15) is 9.59 Å². The highest BCUT2D eigenvalue weighted by Crippen LogP contribution is 2.48. The molecular weight excluding hydrogens is 741 g/mol. The third-order valence-electron chi connectivity index (χ3n) is 10.3. The number of rotatable bonds is 16. The summed E-state index contributed by atoms with van der Waals surface area (Å²) in [7, 11) is 0. The van der Waals surface area contributed by atoms with Crippen molar-refractivity contribution in [2.45, 2.75) is 65.2 Å². The molecular formula is C46H44N2O2S4. The first-order valence-electron chi connectivity index (χ1n) is 19.2. The van der Waals surface area contributed by atoms with Gasteiger partial charge in [0.1, 0.15) is 0 Å². The number of thiophene rings is 4. The van der Waals surface area contributed by atoms with Gasteiger partial charge in [0.05, 0.1) is 22.5 Å². The maximum Gasteiger partial charge on any atom is 0.261 e. The molecule has 0 atom stereocenters. The molecule has 4 aromatic heterocycles. The number of nitrogens with zero attached hydrogens (tertiary/aromatic N) is 2. The summed E-state index contributed by atoms with van der Waals surface area (Å²) in [5, 5.41) is 4.23. The fourth-order valence-corrected chi connectivity index (χ4v) is 11.2. The lowest BCUT2D eigenvalue weighted by molar-refractivity contribution is -0.124. The van der Waals surface area contributed by atoms with E-state index in [0.717, 1.165) is 85.0 Å². The van der Waals surface area contributed by atoms with Gasteiger partial charge in [-0.3, -0.25) is 9.59 Å². The molecule has 0 radical (unpaired) electrons. The highest BCUT2D eigenvalue weighted by Gasteiger charge is 2.48. The standard InChI is InChI=1S/C46H44N2O2S4/c1-3-5-7-9-27-47-43(33-19-15-31(16-20-33)35-23-25-39(53-35)37-13-11-29-51-37)41-42(45(47)49)44(48(46(41)50)28-10-8-6-4-2)34-21-17-32(18-22-34)36-24-26-40(54-36)38-14-12-30-52-38/h11-26,29-30H,3-10,27-28H2,1-2H3. The maximum atomic E-state index is 14.7. The van der Waals surface area contributed by atoms with Crippen molar-refractivity contribution in [2.24, 2.45) is 0 Å². The highest BCUT2D eigenvalue weighted by atomic mass is 32.1. The van der Waals surface area contributed by atoms with Gasteiger partial charge in [0.15, 0.2) is 0 Å². The molecule has 0 saturated carbocycles. The van der Waals surface area contributed by atoms with Crippen molar-refractivity contribution in [2.75, 3.05) is 13.1 Å². The summed E-state index contributed by atoms with van der Waals surface area (Å²) in [6.07, 6.45) is 8.39. The van der Waals surface area contributed by atoms with E-state index in [4.69, 9.17) is 0 Å². The third-order valence-corrected chi connectivity index (χ3v) is 14.7. The zero-order valence-electron chi connectivity index (χ0n) is 30.8. The van der Waals surface area contributed by atoms with Crippen LogP contribution in [0.25, 0.3) is 51.8 Å². The molecule has 8 heteroatoms. The molecule has 2 amide bonds. The van der Waals surface area contributed by atoms with Crippen molar-refractivity contribution >= 4 is 68.6 Å². The molecule has 274 valence electrons. The zero-order valence-corrected chi connectivity index (χ0v) is 34.1. The van der Waals surface area contributed by atoms with Crippen molar-refractivity contribution in [3.05, 3.63) is 130 Å². The number of hydrogen-bond donors (Lipinski definition) is 0. The lowest BCUT2D eigenvalue weighted by Gasteiger charge is -2.25. The van der Waals surface area contributed by atoms with E-state index in [2.05, 4.69) is 122 Å². The largest absolute Gasteiger partial charge is 0.307 e. The second-order valence-corrected chi connectivity index (χ2v) is 18.0. The Morgan fingerprint density at radius 2 is 0.815 bits per heavy atom. The van der Waals surface area contributed by atoms with E-state index >= 15 is 0 Å². The van der Waals surface area contributed by atoms with Crippen LogP contribution in [-0.4, -0.2) is 34.7 Å². The van der Waals surface area contributed by atoms with Gasteiger partial charge in [0.25, 0.3) is 11.8 Å². The Kier molecular flexibility index (Phi) is 11.2. The van der Waals surface area contributed by atoms with Crippen molar-refractivity contribution < 1.29 is 9.59 Å². The fraction of sp³-hybridized carbons (Fsp3) is 0.261. The number of unbranched alkanes of at least 4 members (excludes halogenated alkanes) is 6. The van der Waals surface area contributed by atoms with Gasteiger partial charge in [-0.05, 0) is 82.3 Å². The number of hydrogen-bond acceptors (Lipinski definition) is 6. The predicted octanol–water partition coefficient (Wildman–Crippen LogP) is 13.6.